The Bertz CT molecular complexity index is 3040. The fraction of sp³-hybridized carbons (Fsp3) is 0.283. The van der Waals surface area contributed by atoms with Crippen molar-refractivity contribution in [1.29, 1.82) is 0 Å². The Balaban J connectivity index is 0.000000217. The third kappa shape index (κ3) is 14.0. The number of aromatic carboxylic acids is 1. The predicted octanol–water partition coefficient (Wildman–Crippen LogP) is 14.4. The van der Waals surface area contributed by atoms with Crippen molar-refractivity contribution in [3.63, 3.8) is 0 Å². The van der Waals surface area contributed by atoms with Crippen LogP contribution in [0.15, 0.2) is 143 Å². The highest BCUT2D eigenvalue weighted by atomic mass is 16.5. The minimum atomic E-state index is -1.04. The maximum Gasteiger partial charge on any atom is 0.339 e. The number of rotatable bonds is 25. The molecule has 6 aromatic carbocycles. The number of para-hydroxylation sites is 2. The highest BCUT2D eigenvalue weighted by Crippen LogP contribution is 2.39. The maximum absolute atomic E-state index is 11.6. The van der Waals surface area contributed by atoms with Crippen molar-refractivity contribution in [2.24, 2.45) is 0 Å². The number of hydrogen-bond donors (Lipinski definition) is 3. The second-order valence-electron chi connectivity index (χ2n) is 17.2. The largest absolute Gasteiger partial charge is 0.507 e. The molecule has 0 bridgehead atoms. The van der Waals surface area contributed by atoms with Gasteiger partial charge in [0.1, 0.15) is 87.0 Å². The number of aryl methyl sites for hydroxylation is 3. The SMILES string of the molecule is CCCc1c(OCCCOc2cc(O)c(-c3cocn3)cc2CC)cccc1Oc1ccccc1C.CCCc1c(OCCCOc2cc(O)c(-c3cocn3)cc2CC)cccc1Oc1ccccc1C(=O)O. The summed E-state index contributed by atoms with van der Waals surface area (Å²) in [5, 5.41) is 30.4. The van der Waals surface area contributed by atoms with E-state index >= 15 is 0 Å². The quantitative estimate of drug-likeness (QED) is 0.0459. The summed E-state index contributed by atoms with van der Waals surface area (Å²) in [4.78, 5) is 19.8. The van der Waals surface area contributed by atoms with Crippen LogP contribution >= 0.6 is 0 Å². The maximum atomic E-state index is 11.6. The first kappa shape index (κ1) is 53.4. The molecule has 0 atom stereocenters. The molecule has 0 fully saturated rings. The molecule has 2 heterocycles. The molecule has 2 aromatic heterocycles. The molecule has 386 valence electrons. The van der Waals surface area contributed by atoms with E-state index in [0.717, 1.165) is 77.2 Å². The van der Waals surface area contributed by atoms with E-state index in [0.29, 0.717) is 91.2 Å². The molecule has 0 spiro atoms. The molecule has 14 heteroatoms. The Kier molecular flexibility index (Phi) is 19.4. The number of hydrogen-bond acceptors (Lipinski definition) is 13. The van der Waals surface area contributed by atoms with Gasteiger partial charge >= 0.3 is 5.97 Å². The van der Waals surface area contributed by atoms with Crippen LogP contribution in [0.3, 0.4) is 0 Å². The van der Waals surface area contributed by atoms with E-state index in [1.54, 1.807) is 30.3 Å². The summed E-state index contributed by atoms with van der Waals surface area (Å²) in [5.74, 6) is 4.51. The first-order valence-electron chi connectivity index (χ1n) is 25.1. The van der Waals surface area contributed by atoms with Crippen LogP contribution in [0.25, 0.3) is 22.5 Å². The van der Waals surface area contributed by atoms with Crippen molar-refractivity contribution < 1.29 is 57.4 Å². The van der Waals surface area contributed by atoms with Crippen molar-refractivity contribution >= 4 is 5.97 Å². The molecule has 3 N–H and O–H groups in total. The van der Waals surface area contributed by atoms with Gasteiger partial charge in [-0.15, -0.1) is 0 Å². The number of carboxylic acids is 1. The topological polar surface area (TPSA) is 185 Å². The van der Waals surface area contributed by atoms with Gasteiger partial charge in [-0.2, -0.15) is 0 Å². The molecule has 8 rings (SSSR count). The summed E-state index contributed by atoms with van der Waals surface area (Å²) in [5.41, 5.74) is 7.51. The normalized spacial score (nSPS) is 10.8. The van der Waals surface area contributed by atoms with E-state index in [1.807, 2.05) is 86.6 Å². The van der Waals surface area contributed by atoms with Crippen molar-refractivity contribution in [3.8, 4) is 80.0 Å². The van der Waals surface area contributed by atoms with E-state index in [2.05, 4.69) is 30.7 Å². The molecule has 0 aliphatic carbocycles. The zero-order valence-corrected chi connectivity index (χ0v) is 42.6. The second-order valence-corrected chi connectivity index (χ2v) is 17.2. The number of carbonyl (C=O) groups is 1. The van der Waals surface area contributed by atoms with Crippen molar-refractivity contribution in [2.45, 2.75) is 86.0 Å². The number of phenols is 2. The lowest BCUT2D eigenvalue weighted by atomic mass is 10.0. The Morgan fingerprint density at radius 3 is 1.36 bits per heavy atom. The van der Waals surface area contributed by atoms with Gasteiger partial charge in [-0.25, -0.2) is 14.8 Å². The van der Waals surface area contributed by atoms with Crippen LogP contribution in [0.5, 0.6) is 57.5 Å². The molecule has 0 amide bonds. The summed E-state index contributed by atoms with van der Waals surface area (Å²) >= 11 is 0. The molecule has 0 radical (unpaired) electrons. The van der Waals surface area contributed by atoms with Gasteiger partial charge in [0.05, 0.1) is 26.4 Å². The van der Waals surface area contributed by atoms with Gasteiger partial charge in [0.25, 0.3) is 0 Å². The van der Waals surface area contributed by atoms with Gasteiger partial charge in [-0.1, -0.05) is 83.0 Å². The lowest BCUT2D eigenvalue weighted by molar-refractivity contribution is 0.0694. The third-order valence-electron chi connectivity index (χ3n) is 12.0. The van der Waals surface area contributed by atoms with Crippen LogP contribution in [0.1, 0.15) is 91.6 Å². The van der Waals surface area contributed by atoms with Crippen LogP contribution in [0.4, 0.5) is 0 Å². The minimum absolute atomic E-state index is 0.0767. The van der Waals surface area contributed by atoms with Gasteiger partial charge in [-0.05, 0) is 104 Å². The smallest absolute Gasteiger partial charge is 0.339 e. The average molecular weight is 1010 g/mol. The van der Waals surface area contributed by atoms with Crippen molar-refractivity contribution in [3.05, 3.63) is 168 Å². The molecule has 14 nitrogen and oxygen atoms in total. The number of oxazole rings is 2. The summed E-state index contributed by atoms with van der Waals surface area (Å²) in [6.45, 7) is 12.1. The molecule has 0 unspecified atom stereocenters. The fourth-order valence-corrected chi connectivity index (χ4v) is 8.18. The molecule has 74 heavy (non-hydrogen) atoms. The molecule has 0 aliphatic rings. The predicted molar refractivity (Wildman–Crippen MR) is 283 cm³/mol. The zero-order valence-electron chi connectivity index (χ0n) is 42.6. The fourth-order valence-electron chi connectivity index (χ4n) is 8.18. The number of benzene rings is 6. The number of ether oxygens (including phenoxy) is 6. The summed E-state index contributed by atoms with van der Waals surface area (Å²) in [6, 6.07) is 33.1. The molecular weight excluding hydrogens is 941 g/mol. The number of aromatic nitrogens is 2. The van der Waals surface area contributed by atoms with Crippen LogP contribution in [-0.2, 0) is 25.7 Å². The van der Waals surface area contributed by atoms with Crippen LogP contribution in [0, 0.1) is 6.92 Å². The standard InChI is InChI=1S/C30H31NO7.C30H33NO5/c1-3-9-21-26(12-7-13-27(21)38-28-11-6-5-10-22(28)30(33)34)36-14-8-15-37-29-17-25(32)23(16-20(29)4-2)24-18-35-19-31-24;1-4-10-23-28(13-8-14-29(23)36-27-12-7-6-11-21(27)3)34-15-9-16-35-30-18-26(32)24(17-22(30)5-2)25-19-33-20-31-25/h5-7,10-13,16-19,32H,3-4,8-9,14-15H2,1-2H3,(H,33,34);6-8,11-14,17-20,32H,4-5,9-10,15-16H2,1-3H3. The van der Waals surface area contributed by atoms with E-state index in [4.69, 9.17) is 37.3 Å². The lowest BCUT2D eigenvalue weighted by Crippen LogP contribution is -2.08. The summed E-state index contributed by atoms with van der Waals surface area (Å²) in [7, 11) is 0. The summed E-state index contributed by atoms with van der Waals surface area (Å²) in [6.07, 6.45) is 11.9. The molecular formula is C60H64N2O12. The van der Waals surface area contributed by atoms with Gasteiger partial charge < -0.3 is 52.6 Å². The average Bonchev–Trinajstić information content (AvgIpc) is 4.16. The van der Waals surface area contributed by atoms with E-state index in [9.17, 15) is 20.1 Å². The molecule has 8 aromatic rings. The molecule has 0 saturated carbocycles. The first-order valence-corrected chi connectivity index (χ1v) is 25.1. The highest BCUT2D eigenvalue weighted by molar-refractivity contribution is 5.91. The highest BCUT2D eigenvalue weighted by Gasteiger charge is 2.18. The van der Waals surface area contributed by atoms with Gasteiger partial charge in [0.2, 0.25) is 0 Å². The lowest BCUT2D eigenvalue weighted by Gasteiger charge is -2.17. The number of carboxylic acid groups (broad SMARTS) is 1. The minimum Gasteiger partial charge on any atom is -0.507 e. The zero-order chi connectivity index (χ0) is 52.2. The number of aromatic hydroxyl groups is 2. The second kappa shape index (κ2) is 26.9. The Labute approximate surface area is 432 Å². The van der Waals surface area contributed by atoms with E-state index < -0.39 is 5.97 Å². The van der Waals surface area contributed by atoms with Crippen LogP contribution in [-0.4, -0.2) is 57.7 Å². The monoisotopic (exact) mass is 1000 g/mol. The third-order valence-corrected chi connectivity index (χ3v) is 12.0. The van der Waals surface area contributed by atoms with Gasteiger partial charge in [0, 0.05) is 47.2 Å². The molecule has 0 saturated heterocycles. The number of nitrogens with zero attached hydrogens (tertiary/aromatic N) is 2. The van der Waals surface area contributed by atoms with Crippen molar-refractivity contribution in [1.82, 2.24) is 9.97 Å². The van der Waals surface area contributed by atoms with Crippen LogP contribution in [0.2, 0.25) is 0 Å². The Morgan fingerprint density at radius 1 is 0.514 bits per heavy atom. The molecule has 0 aliphatic heterocycles. The van der Waals surface area contributed by atoms with E-state index in [-0.39, 0.29) is 22.8 Å². The number of phenolic OH excluding ortho intramolecular Hbond substituents is 2. The summed E-state index contributed by atoms with van der Waals surface area (Å²) < 4.78 is 46.6. The Hall–Kier alpha value is -8.39. The van der Waals surface area contributed by atoms with Gasteiger partial charge in [-0.3, -0.25) is 0 Å². The first-order chi connectivity index (χ1) is 36.1. The van der Waals surface area contributed by atoms with Crippen molar-refractivity contribution in [2.75, 3.05) is 26.4 Å². The van der Waals surface area contributed by atoms with Gasteiger partial charge in [0.15, 0.2) is 12.8 Å². The Morgan fingerprint density at radius 2 is 0.932 bits per heavy atom. The van der Waals surface area contributed by atoms with Crippen LogP contribution < -0.4 is 28.4 Å². The van der Waals surface area contributed by atoms with E-state index in [1.165, 1.54) is 31.4 Å².